The van der Waals surface area contributed by atoms with Crippen LogP contribution in [0.25, 0.3) is 10.6 Å². The summed E-state index contributed by atoms with van der Waals surface area (Å²) in [4.78, 5) is 28.3. The first-order valence-corrected chi connectivity index (χ1v) is 9.48. The van der Waals surface area contributed by atoms with Crippen molar-refractivity contribution in [3.8, 4) is 10.6 Å². The maximum Gasteiger partial charge on any atom is 0.312 e. The number of benzene rings is 2. The van der Waals surface area contributed by atoms with Crippen LogP contribution in [0.5, 0.6) is 0 Å². The summed E-state index contributed by atoms with van der Waals surface area (Å²) in [6, 6.07) is 14.9. The van der Waals surface area contributed by atoms with Gasteiger partial charge < -0.3 is 10.1 Å². The summed E-state index contributed by atoms with van der Waals surface area (Å²) >= 11 is 7.44. The number of aryl methyl sites for hydroxylation is 1. The molecule has 1 amide bonds. The summed E-state index contributed by atoms with van der Waals surface area (Å²) in [6.45, 7) is 1.64. The number of esters is 1. The number of amides is 1. The standard InChI is InChI=1S/C20H17ClN2O3S/c1-13-5-4-6-14(9-13)20-22-15(12-27-20)10-19(25)26-11-18(24)23-17-8-3-2-7-16(17)21/h2-9,12H,10-11H2,1H3,(H,23,24). The van der Waals surface area contributed by atoms with Gasteiger partial charge in [-0.15, -0.1) is 11.3 Å². The van der Waals surface area contributed by atoms with Crippen LogP contribution in [0.1, 0.15) is 11.3 Å². The number of hydrogen-bond acceptors (Lipinski definition) is 5. The van der Waals surface area contributed by atoms with E-state index in [2.05, 4.69) is 10.3 Å². The molecular formula is C20H17ClN2O3S. The van der Waals surface area contributed by atoms with Gasteiger partial charge in [0.05, 0.1) is 22.8 Å². The zero-order valence-corrected chi connectivity index (χ0v) is 16.1. The first-order chi connectivity index (χ1) is 13.0. The van der Waals surface area contributed by atoms with Crippen molar-refractivity contribution in [2.24, 2.45) is 0 Å². The Kier molecular flexibility index (Phi) is 6.21. The number of anilines is 1. The van der Waals surface area contributed by atoms with E-state index in [9.17, 15) is 9.59 Å². The number of halogens is 1. The topological polar surface area (TPSA) is 68.3 Å². The third-order valence-electron chi connectivity index (χ3n) is 3.65. The van der Waals surface area contributed by atoms with Crippen LogP contribution < -0.4 is 5.32 Å². The van der Waals surface area contributed by atoms with Crippen molar-refractivity contribution >= 4 is 40.5 Å². The van der Waals surface area contributed by atoms with Gasteiger partial charge in [-0.1, -0.05) is 47.5 Å². The summed E-state index contributed by atoms with van der Waals surface area (Å²) in [5, 5.41) is 5.69. The van der Waals surface area contributed by atoms with E-state index in [4.69, 9.17) is 16.3 Å². The molecule has 0 fully saturated rings. The largest absolute Gasteiger partial charge is 0.455 e. The molecule has 3 aromatic rings. The second-order valence-corrected chi connectivity index (χ2v) is 7.14. The second kappa shape index (κ2) is 8.79. The van der Waals surface area contributed by atoms with Crippen LogP contribution in [0, 0.1) is 6.92 Å². The van der Waals surface area contributed by atoms with E-state index in [1.165, 1.54) is 11.3 Å². The van der Waals surface area contributed by atoms with E-state index in [-0.39, 0.29) is 13.0 Å². The summed E-state index contributed by atoms with van der Waals surface area (Å²) in [5.74, 6) is -0.958. The van der Waals surface area contributed by atoms with Crippen LogP contribution in [0.4, 0.5) is 5.69 Å². The van der Waals surface area contributed by atoms with E-state index < -0.39 is 11.9 Å². The van der Waals surface area contributed by atoms with Crippen molar-refractivity contribution in [3.63, 3.8) is 0 Å². The molecule has 0 saturated carbocycles. The zero-order chi connectivity index (χ0) is 19.2. The van der Waals surface area contributed by atoms with Gasteiger partial charge in [0, 0.05) is 10.9 Å². The van der Waals surface area contributed by atoms with Gasteiger partial charge in [-0.2, -0.15) is 0 Å². The fraction of sp³-hybridized carbons (Fsp3) is 0.150. The molecule has 0 unspecified atom stereocenters. The predicted molar refractivity (Wildman–Crippen MR) is 107 cm³/mol. The normalized spacial score (nSPS) is 10.4. The molecule has 138 valence electrons. The van der Waals surface area contributed by atoms with Crippen LogP contribution in [-0.2, 0) is 20.7 Å². The fourth-order valence-electron chi connectivity index (χ4n) is 2.39. The van der Waals surface area contributed by atoms with Crippen LogP contribution in [0.3, 0.4) is 0 Å². The van der Waals surface area contributed by atoms with Gasteiger partial charge >= 0.3 is 5.97 Å². The molecule has 0 atom stereocenters. The van der Waals surface area contributed by atoms with E-state index in [0.29, 0.717) is 16.4 Å². The average molecular weight is 401 g/mol. The Morgan fingerprint density at radius 3 is 2.78 bits per heavy atom. The zero-order valence-electron chi connectivity index (χ0n) is 14.6. The molecule has 1 heterocycles. The molecule has 0 radical (unpaired) electrons. The predicted octanol–water partition coefficient (Wildman–Crippen LogP) is 4.50. The molecule has 0 aliphatic carbocycles. The van der Waals surface area contributed by atoms with E-state index >= 15 is 0 Å². The van der Waals surface area contributed by atoms with Gasteiger partial charge in [-0.05, 0) is 25.1 Å². The second-order valence-electron chi connectivity index (χ2n) is 5.88. The van der Waals surface area contributed by atoms with Gasteiger partial charge in [-0.3, -0.25) is 9.59 Å². The number of aromatic nitrogens is 1. The number of thiazole rings is 1. The molecule has 0 aliphatic heterocycles. The third-order valence-corrected chi connectivity index (χ3v) is 4.92. The molecule has 3 rings (SSSR count). The number of para-hydroxylation sites is 1. The van der Waals surface area contributed by atoms with Gasteiger partial charge in [0.25, 0.3) is 5.91 Å². The highest BCUT2D eigenvalue weighted by molar-refractivity contribution is 7.13. The molecule has 7 heteroatoms. The maximum absolute atomic E-state index is 12.0. The number of carbonyl (C=O) groups excluding carboxylic acids is 2. The van der Waals surface area contributed by atoms with Gasteiger partial charge in [0.1, 0.15) is 5.01 Å². The molecule has 27 heavy (non-hydrogen) atoms. The molecule has 0 aliphatic rings. The molecule has 2 aromatic carbocycles. The van der Waals surface area contributed by atoms with Crippen LogP contribution >= 0.6 is 22.9 Å². The minimum Gasteiger partial charge on any atom is -0.455 e. The smallest absolute Gasteiger partial charge is 0.312 e. The highest BCUT2D eigenvalue weighted by atomic mass is 35.5. The first-order valence-electron chi connectivity index (χ1n) is 8.23. The SMILES string of the molecule is Cc1cccc(-c2nc(CC(=O)OCC(=O)Nc3ccccc3Cl)cs2)c1. The number of nitrogens with one attached hydrogen (secondary N) is 1. The molecule has 0 bridgehead atoms. The number of hydrogen-bond donors (Lipinski definition) is 1. The van der Waals surface area contributed by atoms with Crippen LogP contribution in [0.2, 0.25) is 5.02 Å². The van der Waals surface area contributed by atoms with Gasteiger partial charge in [0.15, 0.2) is 6.61 Å². The van der Waals surface area contributed by atoms with Crippen molar-refractivity contribution in [1.29, 1.82) is 0 Å². The maximum atomic E-state index is 12.0. The minimum absolute atomic E-state index is 0.0156. The first kappa shape index (κ1) is 19.1. The van der Waals surface area contributed by atoms with Gasteiger partial charge in [0.2, 0.25) is 0 Å². The lowest BCUT2D eigenvalue weighted by Crippen LogP contribution is -2.21. The Bertz CT molecular complexity index is 971. The van der Waals surface area contributed by atoms with E-state index in [0.717, 1.165) is 16.1 Å². The summed E-state index contributed by atoms with van der Waals surface area (Å²) < 4.78 is 5.02. The van der Waals surface area contributed by atoms with Crippen molar-refractivity contribution < 1.29 is 14.3 Å². The average Bonchev–Trinajstić information content (AvgIpc) is 3.10. The van der Waals surface area contributed by atoms with Crippen molar-refractivity contribution in [2.45, 2.75) is 13.3 Å². The molecule has 0 spiro atoms. The minimum atomic E-state index is -0.509. The van der Waals surface area contributed by atoms with Crippen molar-refractivity contribution in [2.75, 3.05) is 11.9 Å². The Hall–Kier alpha value is -2.70. The summed E-state index contributed by atoms with van der Waals surface area (Å²) in [5.41, 5.74) is 3.25. The Morgan fingerprint density at radius 2 is 2.00 bits per heavy atom. The number of nitrogens with zero attached hydrogens (tertiary/aromatic N) is 1. The lowest BCUT2D eigenvalue weighted by atomic mass is 10.1. The third kappa shape index (κ3) is 5.39. The lowest BCUT2D eigenvalue weighted by molar-refractivity contribution is -0.146. The van der Waals surface area contributed by atoms with Crippen LogP contribution in [-0.4, -0.2) is 23.5 Å². The number of ether oxygens (including phenoxy) is 1. The summed E-state index contributed by atoms with van der Waals surface area (Å²) in [7, 11) is 0. The molecule has 5 nitrogen and oxygen atoms in total. The van der Waals surface area contributed by atoms with Crippen LogP contribution in [0.15, 0.2) is 53.9 Å². The monoisotopic (exact) mass is 400 g/mol. The van der Waals surface area contributed by atoms with Gasteiger partial charge in [-0.25, -0.2) is 4.98 Å². The Labute approximate surface area is 166 Å². The molecule has 1 N–H and O–H groups in total. The Morgan fingerprint density at radius 1 is 1.19 bits per heavy atom. The highest BCUT2D eigenvalue weighted by Crippen LogP contribution is 2.24. The van der Waals surface area contributed by atoms with E-state index in [1.807, 2.05) is 36.6 Å². The quantitative estimate of drug-likeness (QED) is 0.619. The molecule has 1 aromatic heterocycles. The van der Waals surface area contributed by atoms with Crippen molar-refractivity contribution in [3.05, 3.63) is 70.2 Å². The van der Waals surface area contributed by atoms with Crippen molar-refractivity contribution in [1.82, 2.24) is 4.98 Å². The lowest BCUT2D eigenvalue weighted by Gasteiger charge is -2.07. The fourth-order valence-corrected chi connectivity index (χ4v) is 3.39. The number of carbonyl (C=O) groups is 2. The number of rotatable bonds is 6. The Balaban J connectivity index is 1.51. The molecular weight excluding hydrogens is 384 g/mol. The molecule has 0 saturated heterocycles. The van der Waals surface area contributed by atoms with E-state index in [1.54, 1.807) is 24.3 Å². The highest BCUT2D eigenvalue weighted by Gasteiger charge is 2.13. The summed E-state index contributed by atoms with van der Waals surface area (Å²) in [6.07, 6.45) is 0.0156.